The van der Waals surface area contributed by atoms with Crippen molar-refractivity contribution in [2.45, 2.75) is 73.0 Å². The van der Waals surface area contributed by atoms with E-state index in [4.69, 9.17) is 28.4 Å². The van der Waals surface area contributed by atoms with E-state index in [-0.39, 0.29) is 38.0 Å². The second kappa shape index (κ2) is 15.6. The molecule has 0 spiro atoms. The summed E-state index contributed by atoms with van der Waals surface area (Å²) < 4.78 is 33.2. The van der Waals surface area contributed by atoms with Crippen LogP contribution in [-0.2, 0) is 45.1 Å². The van der Waals surface area contributed by atoms with Gasteiger partial charge >= 0.3 is 11.9 Å². The van der Waals surface area contributed by atoms with E-state index in [0.29, 0.717) is 55.5 Å². The predicted molar refractivity (Wildman–Crippen MR) is 141 cm³/mol. The van der Waals surface area contributed by atoms with E-state index in [1.807, 2.05) is 52.0 Å². The molecule has 0 aliphatic heterocycles. The molecule has 0 aliphatic rings. The molecule has 0 bridgehead atoms. The summed E-state index contributed by atoms with van der Waals surface area (Å²) in [6.45, 7) is 9.18. The Hall–Kier alpha value is -3.42. The van der Waals surface area contributed by atoms with Gasteiger partial charge in [0, 0.05) is 24.0 Å². The zero-order valence-corrected chi connectivity index (χ0v) is 22.9. The minimum Gasteiger partial charge on any atom is -0.493 e. The molecule has 8 heteroatoms. The fourth-order valence-corrected chi connectivity index (χ4v) is 4.16. The van der Waals surface area contributed by atoms with Gasteiger partial charge in [0.2, 0.25) is 0 Å². The summed E-state index contributed by atoms with van der Waals surface area (Å²) in [5.41, 5.74) is 3.63. The third kappa shape index (κ3) is 8.30. The van der Waals surface area contributed by atoms with E-state index in [9.17, 15) is 9.59 Å². The minimum atomic E-state index is -0.368. The lowest BCUT2D eigenvalue weighted by molar-refractivity contribution is -0.146. The van der Waals surface area contributed by atoms with Crippen LogP contribution in [0.1, 0.15) is 69.2 Å². The first-order chi connectivity index (χ1) is 17.9. The maximum Gasteiger partial charge on any atom is 0.306 e. The number of hydrogen-bond donors (Lipinski definition) is 0. The summed E-state index contributed by atoms with van der Waals surface area (Å²) in [6, 6.07) is 7.42. The number of esters is 2. The molecule has 0 aliphatic carbocycles. The highest BCUT2D eigenvalue weighted by Crippen LogP contribution is 2.35. The van der Waals surface area contributed by atoms with E-state index in [1.165, 1.54) is 0 Å². The van der Waals surface area contributed by atoms with Gasteiger partial charge in [-0.05, 0) is 56.4 Å². The Kier molecular flexibility index (Phi) is 12.6. The number of hydrogen-bond acceptors (Lipinski definition) is 8. The summed E-state index contributed by atoms with van der Waals surface area (Å²) in [6.07, 6.45) is 2.02. The summed E-state index contributed by atoms with van der Waals surface area (Å²) >= 11 is 0. The zero-order chi connectivity index (χ0) is 27.2. The van der Waals surface area contributed by atoms with E-state index in [2.05, 4.69) is 0 Å². The molecular weight excluding hydrogens is 476 g/mol. The van der Waals surface area contributed by atoms with Gasteiger partial charge in [-0.15, -0.1) is 0 Å². The molecular formula is C29H40O8. The molecule has 204 valence electrons. The summed E-state index contributed by atoms with van der Waals surface area (Å²) in [5.74, 6) is 1.93. The molecule has 0 aromatic heterocycles. The molecule has 0 atom stereocenters. The highest BCUT2D eigenvalue weighted by atomic mass is 16.5. The first kappa shape index (κ1) is 29.8. The normalized spacial score (nSPS) is 10.5. The molecule has 8 nitrogen and oxygen atoms in total. The van der Waals surface area contributed by atoms with Crippen LogP contribution in [0.5, 0.6) is 23.0 Å². The second-order valence-corrected chi connectivity index (χ2v) is 8.22. The predicted octanol–water partition coefficient (Wildman–Crippen LogP) is 5.58. The Morgan fingerprint density at radius 1 is 0.649 bits per heavy atom. The Morgan fingerprint density at radius 2 is 1.05 bits per heavy atom. The molecule has 2 aromatic rings. The third-order valence-electron chi connectivity index (χ3n) is 5.90. The van der Waals surface area contributed by atoms with Crippen molar-refractivity contribution in [1.82, 2.24) is 0 Å². The van der Waals surface area contributed by atoms with Crippen molar-refractivity contribution in [3.05, 3.63) is 46.5 Å². The molecule has 0 unspecified atom stereocenters. The highest BCUT2D eigenvalue weighted by molar-refractivity contribution is 5.72. The molecule has 0 radical (unpaired) electrons. The average Bonchev–Trinajstić information content (AvgIpc) is 2.90. The Balaban J connectivity index is 1.84. The van der Waals surface area contributed by atoms with Gasteiger partial charge in [-0.25, -0.2) is 0 Å². The number of methoxy groups -OCH3 is 2. The van der Waals surface area contributed by atoms with Gasteiger partial charge in [-0.1, -0.05) is 26.0 Å². The second-order valence-electron chi connectivity index (χ2n) is 8.22. The zero-order valence-electron chi connectivity index (χ0n) is 22.9. The quantitative estimate of drug-likeness (QED) is 0.267. The van der Waals surface area contributed by atoms with Crippen LogP contribution in [0.4, 0.5) is 0 Å². The van der Waals surface area contributed by atoms with Crippen LogP contribution in [0.25, 0.3) is 0 Å². The molecule has 2 rings (SSSR count). The van der Waals surface area contributed by atoms with Crippen molar-refractivity contribution >= 4 is 11.9 Å². The van der Waals surface area contributed by atoms with Crippen molar-refractivity contribution in [2.24, 2.45) is 0 Å². The van der Waals surface area contributed by atoms with Crippen LogP contribution >= 0.6 is 0 Å². The number of carbonyl (C=O) groups excluding carboxylic acids is 2. The van der Waals surface area contributed by atoms with Gasteiger partial charge in [0.15, 0.2) is 23.0 Å². The third-order valence-corrected chi connectivity index (χ3v) is 5.90. The topological polar surface area (TPSA) is 89.5 Å². The van der Waals surface area contributed by atoms with Crippen molar-refractivity contribution < 1.29 is 38.0 Å². The SMILES string of the molecule is CCOc1ccc(COC(=O)CCCC(=O)OCc2ccc(OCC)c(OC)c2CC)c(CC)c1OC. The monoisotopic (exact) mass is 516 g/mol. The van der Waals surface area contributed by atoms with Crippen LogP contribution in [0, 0.1) is 0 Å². The maximum absolute atomic E-state index is 12.3. The minimum absolute atomic E-state index is 0.127. The molecule has 2 aromatic carbocycles. The van der Waals surface area contributed by atoms with Crippen LogP contribution < -0.4 is 18.9 Å². The number of benzene rings is 2. The molecule has 0 saturated carbocycles. The first-order valence-electron chi connectivity index (χ1n) is 12.9. The van der Waals surface area contributed by atoms with Crippen molar-refractivity contribution in [2.75, 3.05) is 27.4 Å². The fraction of sp³-hybridized carbons (Fsp3) is 0.517. The van der Waals surface area contributed by atoms with E-state index < -0.39 is 0 Å². The van der Waals surface area contributed by atoms with Crippen molar-refractivity contribution in [3.8, 4) is 23.0 Å². The van der Waals surface area contributed by atoms with Gasteiger partial charge in [0.05, 0.1) is 27.4 Å². The Morgan fingerprint density at radius 3 is 1.38 bits per heavy atom. The van der Waals surface area contributed by atoms with E-state index >= 15 is 0 Å². The Bertz CT molecular complexity index is 950. The van der Waals surface area contributed by atoms with Crippen LogP contribution in [0.2, 0.25) is 0 Å². The molecule has 37 heavy (non-hydrogen) atoms. The highest BCUT2D eigenvalue weighted by Gasteiger charge is 2.17. The van der Waals surface area contributed by atoms with Gasteiger partial charge in [-0.2, -0.15) is 0 Å². The molecule has 0 amide bonds. The summed E-state index contributed by atoms with van der Waals surface area (Å²) in [7, 11) is 3.20. The largest absolute Gasteiger partial charge is 0.493 e. The standard InChI is InChI=1S/C29H40O8/c1-7-22-20(14-16-24(34-9-3)28(22)32-5)18-36-26(30)12-11-13-27(31)37-19-21-15-17-25(35-10-4)29(33-6)23(21)8-2/h14-17H,7-13,18-19H2,1-6H3. The molecule has 0 fully saturated rings. The maximum atomic E-state index is 12.3. The van der Waals surface area contributed by atoms with Crippen molar-refractivity contribution in [1.29, 1.82) is 0 Å². The molecule has 0 saturated heterocycles. The van der Waals surface area contributed by atoms with Crippen LogP contribution in [-0.4, -0.2) is 39.4 Å². The number of ether oxygens (including phenoxy) is 6. The van der Waals surface area contributed by atoms with Gasteiger partial charge < -0.3 is 28.4 Å². The first-order valence-corrected chi connectivity index (χ1v) is 12.9. The van der Waals surface area contributed by atoms with Gasteiger partial charge in [0.25, 0.3) is 0 Å². The Labute approximate surface area is 220 Å². The van der Waals surface area contributed by atoms with Gasteiger partial charge in [0.1, 0.15) is 13.2 Å². The molecule has 0 heterocycles. The lowest BCUT2D eigenvalue weighted by Crippen LogP contribution is -2.10. The van der Waals surface area contributed by atoms with E-state index in [0.717, 1.165) is 22.3 Å². The van der Waals surface area contributed by atoms with E-state index in [1.54, 1.807) is 14.2 Å². The average molecular weight is 517 g/mol. The summed E-state index contributed by atoms with van der Waals surface area (Å²) in [5, 5.41) is 0. The van der Waals surface area contributed by atoms with Crippen LogP contribution in [0.3, 0.4) is 0 Å². The molecule has 0 N–H and O–H groups in total. The number of rotatable bonds is 16. The van der Waals surface area contributed by atoms with Crippen LogP contribution in [0.15, 0.2) is 24.3 Å². The fourth-order valence-electron chi connectivity index (χ4n) is 4.16. The lowest BCUT2D eigenvalue weighted by Gasteiger charge is -2.17. The number of carbonyl (C=O) groups is 2. The van der Waals surface area contributed by atoms with Gasteiger partial charge in [-0.3, -0.25) is 9.59 Å². The lowest BCUT2D eigenvalue weighted by atomic mass is 10.0. The van der Waals surface area contributed by atoms with Crippen molar-refractivity contribution in [3.63, 3.8) is 0 Å². The smallest absolute Gasteiger partial charge is 0.306 e. The summed E-state index contributed by atoms with van der Waals surface area (Å²) in [4.78, 5) is 24.6.